The molecule has 0 aromatic rings. The Hall–Kier alpha value is -0.170. The molecule has 0 saturated carbocycles. The van der Waals surface area contributed by atoms with Gasteiger partial charge >= 0.3 is 0 Å². The number of rotatable bonds is 7. The summed E-state index contributed by atoms with van der Waals surface area (Å²) < 4.78 is 27.0. The molecule has 0 amide bonds. The zero-order chi connectivity index (χ0) is 11.2. The number of nitrogens with two attached hydrogens (primary N) is 1. The predicted molar refractivity (Wildman–Crippen MR) is 58.0 cm³/mol. The van der Waals surface area contributed by atoms with Crippen molar-refractivity contribution in [3.8, 4) is 0 Å². The summed E-state index contributed by atoms with van der Waals surface area (Å²) in [5.74, 6) is 0.480. The third-order valence-electron chi connectivity index (χ3n) is 1.64. The monoisotopic (exact) mass is 223 g/mol. The Morgan fingerprint density at radius 3 is 2.29 bits per heavy atom. The van der Waals surface area contributed by atoms with Crippen LogP contribution in [0.25, 0.3) is 0 Å². The summed E-state index contributed by atoms with van der Waals surface area (Å²) in [5, 5.41) is 0. The predicted octanol–water partition coefficient (Wildman–Crippen LogP) is -0.196. The first-order valence-electron chi connectivity index (χ1n) is 4.87. The van der Waals surface area contributed by atoms with Gasteiger partial charge in [0.25, 0.3) is 10.2 Å². The van der Waals surface area contributed by atoms with Crippen LogP contribution in [0.2, 0.25) is 0 Å². The van der Waals surface area contributed by atoms with E-state index in [0.29, 0.717) is 12.5 Å². The average Bonchev–Trinajstić information content (AvgIpc) is 2.00. The zero-order valence-corrected chi connectivity index (χ0v) is 9.89. The van der Waals surface area contributed by atoms with Crippen LogP contribution in [0.3, 0.4) is 0 Å². The first-order chi connectivity index (χ1) is 6.37. The van der Waals surface area contributed by atoms with Crippen molar-refractivity contribution in [3.63, 3.8) is 0 Å². The lowest BCUT2D eigenvalue weighted by atomic mass is 10.1. The summed E-state index contributed by atoms with van der Waals surface area (Å²) in [6.45, 7) is 6.51. The molecule has 0 aliphatic heterocycles. The summed E-state index contributed by atoms with van der Waals surface area (Å²) in [5.41, 5.74) is 5.72. The molecule has 0 radical (unpaired) electrons. The van der Waals surface area contributed by atoms with E-state index in [1.807, 2.05) is 0 Å². The molecule has 5 nitrogen and oxygen atoms in total. The summed E-state index contributed by atoms with van der Waals surface area (Å²) in [7, 11) is -3.34. The molecule has 0 aromatic carbocycles. The average molecular weight is 223 g/mol. The first kappa shape index (κ1) is 13.8. The van der Waals surface area contributed by atoms with E-state index in [9.17, 15) is 8.42 Å². The van der Waals surface area contributed by atoms with E-state index in [1.54, 1.807) is 6.92 Å². The van der Waals surface area contributed by atoms with E-state index in [1.165, 1.54) is 0 Å². The van der Waals surface area contributed by atoms with Gasteiger partial charge in [-0.15, -0.1) is 0 Å². The third-order valence-corrected chi connectivity index (χ3v) is 2.86. The van der Waals surface area contributed by atoms with Gasteiger partial charge in [-0.2, -0.15) is 8.42 Å². The highest BCUT2D eigenvalue weighted by Crippen LogP contribution is 2.01. The SMILES string of the molecule is CCNS(=O)(=O)NCC(N)CC(C)C. The fourth-order valence-electron chi connectivity index (χ4n) is 1.15. The van der Waals surface area contributed by atoms with E-state index >= 15 is 0 Å². The highest BCUT2D eigenvalue weighted by atomic mass is 32.2. The minimum absolute atomic E-state index is 0.122. The summed E-state index contributed by atoms with van der Waals surface area (Å²) in [6, 6.07) is -0.122. The van der Waals surface area contributed by atoms with Crippen molar-refractivity contribution in [3.05, 3.63) is 0 Å². The maximum Gasteiger partial charge on any atom is 0.276 e. The Kier molecular flexibility index (Phi) is 6.26. The van der Waals surface area contributed by atoms with Crippen molar-refractivity contribution in [2.24, 2.45) is 11.7 Å². The van der Waals surface area contributed by atoms with Crippen molar-refractivity contribution in [2.75, 3.05) is 13.1 Å². The van der Waals surface area contributed by atoms with Gasteiger partial charge in [0.2, 0.25) is 0 Å². The van der Waals surface area contributed by atoms with Crippen LogP contribution in [0.5, 0.6) is 0 Å². The molecule has 0 rings (SSSR count). The molecule has 1 unspecified atom stereocenters. The van der Waals surface area contributed by atoms with Crippen LogP contribution in [0.15, 0.2) is 0 Å². The zero-order valence-electron chi connectivity index (χ0n) is 9.08. The van der Waals surface area contributed by atoms with Gasteiger partial charge in [0, 0.05) is 19.1 Å². The van der Waals surface area contributed by atoms with Gasteiger partial charge in [-0.25, -0.2) is 9.44 Å². The Morgan fingerprint density at radius 1 is 1.29 bits per heavy atom. The van der Waals surface area contributed by atoms with Crippen molar-refractivity contribution in [1.29, 1.82) is 0 Å². The standard InChI is InChI=1S/C8H21N3O2S/c1-4-10-14(12,13)11-6-8(9)5-7(2)3/h7-8,10-11H,4-6,9H2,1-3H3. The molecular weight excluding hydrogens is 202 g/mol. The van der Waals surface area contributed by atoms with Crippen molar-refractivity contribution in [2.45, 2.75) is 33.2 Å². The van der Waals surface area contributed by atoms with Gasteiger partial charge in [0.1, 0.15) is 0 Å². The molecule has 0 spiro atoms. The van der Waals surface area contributed by atoms with E-state index in [-0.39, 0.29) is 12.6 Å². The maximum atomic E-state index is 11.1. The number of hydrogen-bond acceptors (Lipinski definition) is 3. The quantitative estimate of drug-likeness (QED) is 0.559. The molecule has 0 bridgehead atoms. The molecule has 0 aliphatic carbocycles. The van der Waals surface area contributed by atoms with E-state index in [0.717, 1.165) is 6.42 Å². The fraction of sp³-hybridized carbons (Fsp3) is 1.00. The molecule has 0 fully saturated rings. The number of hydrogen-bond donors (Lipinski definition) is 3. The Balaban J connectivity index is 3.82. The van der Waals surface area contributed by atoms with Gasteiger partial charge in [-0.05, 0) is 12.3 Å². The first-order valence-corrected chi connectivity index (χ1v) is 6.35. The highest BCUT2D eigenvalue weighted by Gasteiger charge is 2.11. The number of nitrogens with one attached hydrogen (secondary N) is 2. The summed E-state index contributed by atoms with van der Waals surface area (Å²) in [4.78, 5) is 0. The molecule has 0 saturated heterocycles. The molecular formula is C8H21N3O2S. The fourth-order valence-corrected chi connectivity index (χ4v) is 2.06. The highest BCUT2D eigenvalue weighted by molar-refractivity contribution is 7.87. The summed E-state index contributed by atoms with van der Waals surface area (Å²) in [6.07, 6.45) is 0.814. The molecule has 86 valence electrons. The van der Waals surface area contributed by atoms with E-state index < -0.39 is 10.2 Å². The van der Waals surface area contributed by atoms with Crippen molar-refractivity contribution < 1.29 is 8.42 Å². The molecule has 14 heavy (non-hydrogen) atoms. The smallest absolute Gasteiger partial charge is 0.276 e. The lowest BCUT2D eigenvalue weighted by Gasteiger charge is -2.14. The normalized spacial score (nSPS) is 14.6. The Labute approximate surface area is 86.6 Å². The van der Waals surface area contributed by atoms with E-state index in [2.05, 4.69) is 23.3 Å². The Morgan fingerprint density at radius 2 is 1.86 bits per heavy atom. The second kappa shape index (κ2) is 6.34. The second-order valence-electron chi connectivity index (χ2n) is 3.74. The molecule has 1 atom stereocenters. The minimum Gasteiger partial charge on any atom is -0.327 e. The largest absolute Gasteiger partial charge is 0.327 e. The molecule has 6 heteroatoms. The van der Waals surface area contributed by atoms with Crippen LogP contribution in [-0.4, -0.2) is 27.5 Å². The molecule has 4 N–H and O–H groups in total. The van der Waals surface area contributed by atoms with Crippen LogP contribution in [0, 0.1) is 5.92 Å². The lowest BCUT2D eigenvalue weighted by Crippen LogP contribution is -2.43. The molecule has 0 aromatic heterocycles. The maximum absolute atomic E-state index is 11.1. The van der Waals surface area contributed by atoms with Crippen LogP contribution in [-0.2, 0) is 10.2 Å². The second-order valence-corrected chi connectivity index (χ2v) is 5.32. The molecule has 0 aliphatic rings. The Bertz CT molecular complexity index is 239. The van der Waals surface area contributed by atoms with Gasteiger partial charge in [0.05, 0.1) is 0 Å². The van der Waals surface area contributed by atoms with Crippen LogP contribution < -0.4 is 15.2 Å². The summed E-state index contributed by atoms with van der Waals surface area (Å²) >= 11 is 0. The van der Waals surface area contributed by atoms with Crippen LogP contribution >= 0.6 is 0 Å². The lowest BCUT2D eigenvalue weighted by molar-refractivity contribution is 0.484. The van der Waals surface area contributed by atoms with Crippen LogP contribution in [0.4, 0.5) is 0 Å². The van der Waals surface area contributed by atoms with Gasteiger partial charge in [-0.1, -0.05) is 20.8 Å². The molecule has 0 heterocycles. The van der Waals surface area contributed by atoms with Gasteiger partial charge in [-0.3, -0.25) is 0 Å². The van der Waals surface area contributed by atoms with Gasteiger partial charge in [0.15, 0.2) is 0 Å². The topological polar surface area (TPSA) is 84.2 Å². The van der Waals surface area contributed by atoms with Crippen molar-refractivity contribution in [1.82, 2.24) is 9.44 Å². The third kappa shape index (κ3) is 7.25. The van der Waals surface area contributed by atoms with Crippen LogP contribution in [0.1, 0.15) is 27.2 Å². The van der Waals surface area contributed by atoms with Gasteiger partial charge < -0.3 is 5.73 Å². The van der Waals surface area contributed by atoms with Crippen molar-refractivity contribution >= 4 is 10.2 Å². The van der Waals surface area contributed by atoms with E-state index in [4.69, 9.17) is 5.73 Å². The minimum atomic E-state index is -3.34.